The Labute approximate surface area is 181 Å². The maximum Gasteiger partial charge on any atom is 0.270 e. The molecule has 3 rings (SSSR count). The van der Waals surface area contributed by atoms with Crippen LogP contribution in [0.1, 0.15) is 5.56 Å². The van der Waals surface area contributed by atoms with Crippen LogP contribution in [0.15, 0.2) is 42.5 Å². The number of amides is 1. The van der Waals surface area contributed by atoms with Crippen molar-refractivity contribution in [3.63, 3.8) is 0 Å². The summed E-state index contributed by atoms with van der Waals surface area (Å²) in [6.45, 7) is 0. The van der Waals surface area contributed by atoms with Gasteiger partial charge in [0.15, 0.2) is 11.5 Å². The number of methoxy groups -OCH3 is 3. The number of anilines is 1. The Morgan fingerprint density at radius 1 is 1.10 bits per heavy atom. The van der Waals surface area contributed by atoms with E-state index in [4.69, 9.17) is 14.2 Å². The number of nitrogens with one attached hydrogen (secondary N) is 1. The Morgan fingerprint density at radius 2 is 1.81 bits per heavy atom. The Bertz CT molecular complexity index is 1120. The fourth-order valence-corrected chi connectivity index (χ4v) is 3.40. The summed E-state index contributed by atoms with van der Waals surface area (Å²) in [6, 6.07) is 9.45. The van der Waals surface area contributed by atoms with Gasteiger partial charge in [0.25, 0.3) is 5.69 Å². The molecule has 1 aromatic heterocycles. The third kappa shape index (κ3) is 5.14. The molecule has 2 aromatic carbocycles. The van der Waals surface area contributed by atoms with E-state index in [-0.39, 0.29) is 10.8 Å². The molecule has 0 aliphatic rings. The Balaban J connectivity index is 1.73. The Morgan fingerprint density at radius 3 is 2.42 bits per heavy atom. The molecular weight excluding hydrogens is 424 g/mol. The lowest BCUT2D eigenvalue weighted by Gasteiger charge is -2.12. The summed E-state index contributed by atoms with van der Waals surface area (Å²) in [6.07, 6.45) is 2.91. The van der Waals surface area contributed by atoms with Gasteiger partial charge in [0.05, 0.1) is 26.3 Å². The van der Waals surface area contributed by atoms with Gasteiger partial charge in [0.2, 0.25) is 16.8 Å². The Kier molecular flexibility index (Phi) is 6.78. The normalized spacial score (nSPS) is 10.7. The van der Waals surface area contributed by atoms with Crippen LogP contribution in [0.3, 0.4) is 0 Å². The molecular formula is C20H18N4O6S. The standard InChI is InChI=1S/C20H18N4O6S/c1-28-15-9-12(10-16(29-2)18(15)30-3)7-8-17(25)21-20-23-22-19(31-20)13-5-4-6-14(11-13)24(26)27/h4-11H,1-3H3,(H,21,23,25)/b8-7+. The highest BCUT2D eigenvalue weighted by Crippen LogP contribution is 2.38. The summed E-state index contributed by atoms with van der Waals surface area (Å²) in [5.74, 6) is 0.963. The molecule has 31 heavy (non-hydrogen) atoms. The van der Waals surface area contributed by atoms with Crippen LogP contribution in [0, 0.1) is 10.1 Å². The average molecular weight is 442 g/mol. The molecule has 11 heteroatoms. The molecule has 3 aromatic rings. The van der Waals surface area contributed by atoms with Crippen LogP contribution < -0.4 is 19.5 Å². The fraction of sp³-hybridized carbons (Fsp3) is 0.150. The van der Waals surface area contributed by atoms with Crippen LogP contribution in [0.4, 0.5) is 10.8 Å². The largest absolute Gasteiger partial charge is 0.493 e. The number of nitro benzene ring substituents is 1. The number of hydrogen-bond acceptors (Lipinski definition) is 9. The first-order valence-corrected chi connectivity index (χ1v) is 9.64. The summed E-state index contributed by atoms with van der Waals surface area (Å²) in [5.41, 5.74) is 1.16. The van der Waals surface area contributed by atoms with Crippen LogP contribution in [0.2, 0.25) is 0 Å². The van der Waals surface area contributed by atoms with E-state index in [0.717, 1.165) is 11.3 Å². The lowest BCUT2D eigenvalue weighted by Crippen LogP contribution is -2.07. The lowest BCUT2D eigenvalue weighted by molar-refractivity contribution is -0.384. The number of carbonyl (C=O) groups excluding carboxylic acids is 1. The zero-order valence-corrected chi connectivity index (χ0v) is 17.6. The summed E-state index contributed by atoms with van der Waals surface area (Å²) in [4.78, 5) is 22.7. The molecule has 1 amide bonds. The quantitative estimate of drug-likeness (QED) is 0.317. The number of benzene rings is 2. The summed E-state index contributed by atoms with van der Waals surface area (Å²) < 4.78 is 15.9. The van der Waals surface area contributed by atoms with Gasteiger partial charge in [0.1, 0.15) is 5.01 Å². The second kappa shape index (κ2) is 9.67. The van der Waals surface area contributed by atoms with E-state index in [2.05, 4.69) is 15.5 Å². The van der Waals surface area contributed by atoms with Crippen molar-refractivity contribution in [2.45, 2.75) is 0 Å². The predicted molar refractivity (Wildman–Crippen MR) is 116 cm³/mol. The zero-order chi connectivity index (χ0) is 22.4. The van der Waals surface area contributed by atoms with Gasteiger partial charge in [0, 0.05) is 23.8 Å². The molecule has 0 aliphatic carbocycles. The van der Waals surface area contributed by atoms with E-state index in [1.165, 1.54) is 39.5 Å². The number of carbonyl (C=O) groups is 1. The second-order valence-electron chi connectivity index (χ2n) is 6.00. The van der Waals surface area contributed by atoms with E-state index < -0.39 is 10.8 Å². The number of nitrogens with zero attached hydrogens (tertiary/aromatic N) is 3. The molecule has 0 spiro atoms. The molecule has 0 aliphatic heterocycles. The van der Waals surface area contributed by atoms with E-state index in [0.29, 0.717) is 33.4 Å². The molecule has 0 fully saturated rings. The highest BCUT2D eigenvalue weighted by atomic mass is 32.1. The number of non-ortho nitro benzene ring substituents is 1. The van der Waals surface area contributed by atoms with Crippen LogP contribution in [0.5, 0.6) is 17.2 Å². The summed E-state index contributed by atoms with van der Waals surface area (Å²) in [7, 11) is 4.52. The van der Waals surface area contributed by atoms with E-state index >= 15 is 0 Å². The van der Waals surface area contributed by atoms with Crippen molar-refractivity contribution in [2.75, 3.05) is 26.6 Å². The topological polar surface area (TPSA) is 126 Å². The van der Waals surface area contributed by atoms with E-state index in [9.17, 15) is 14.9 Å². The molecule has 1 N–H and O–H groups in total. The molecule has 10 nitrogen and oxygen atoms in total. The fourth-order valence-electron chi connectivity index (χ4n) is 2.66. The van der Waals surface area contributed by atoms with Crippen molar-refractivity contribution in [3.8, 4) is 27.8 Å². The van der Waals surface area contributed by atoms with Crippen LogP contribution in [0.25, 0.3) is 16.6 Å². The first-order valence-electron chi connectivity index (χ1n) is 8.82. The monoisotopic (exact) mass is 442 g/mol. The molecule has 0 atom stereocenters. The molecule has 0 bridgehead atoms. The Hall–Kier alpha value is -3.99. The van der Waals surface area contributed by atoms with E-state index in [1.807, 2.05) is 0 Å². The molecule has 0 saturated carbocycles. The van der Waals surface area contributed by atoms with Crippen molar-refractivity contribution in [1.29, 1.82) is 0 Å². The van der Waals surface area contributed by atoms with Gasteiger partial charge >= 0.3 is 0 Å². The third-order valence-corrected chi connectivity index (χ3v) is 4.96. The van der Waals surface area contributed by atoms with Gasteiger partial charge < -0.3 is 14.2 Å². The molecule has 0 saturated heterocycles. The number of ether oxygens (including phenoxy) is 3. The lowest BCUT2D eigenvalue weighted by atomic mass is 10.1. The minimum Gasteiger partial charge on any atom is -0.493 e. The van der Waals surface area contributed by atoms with Crippen molar-refractivity contribution < 1.29 is 23.9 Å². The first-order chi connectivity index (χ1) is 14.9. The van der Waals surface area contributed by atoms with Crippen LogP contribution in [-0.2, 0) is 4.79 Å². The SMILES string of the molecule is COc1cc(/C=C/C(=O)Nc2nnc(-c3cccc([N+](=O)[O-])c3)s2)cc(OC)c1OC. The third-order valence-electron chi connectivity index (χ3n) is 4.07. The van der Waals surface area contributed by atoms with Gasteiger partial charge in [-0.1, -0.05) is 23.5 Å². The van der Waals surface area contributed by atoms with Gasteiger partial charge in [-0.15, -0.1) is 10.2 Å². The van der Waals surface area contributed by atoms with Crippen molar-refractivity contribution in [1.82, 2.24) is 10.2 Å². The number of rotatable bonds is 8. The van der Waals surface area contributed by atoms with Gasteiger partial charge in [-0.3, -0.25) is 20.2 Å². The maximum atomic E-state index is 12.3. The average Bonchev–Trinajstić information content (AvgIpc) is 3.25. The number of aromatic nitrogens is 2. The van der Waals surface area contributed by atoms with Crippen molar-refractivity contribution in [3.05, 3.63) is 58.2 Å². The van der Waals surface area contributed by atoms with Gasteiger partial charge in [-0.25, -0.2) is 0 Å². The molecule has 160 valence electrons. The predicted octanol–water partition coefficient (Wildman–Crippen LogP) is 3.79. The smallest absolute Gasteiger partial charge is 0.270 e. The van der Waals surface area contributed by atoms with Crippen LogP contribution >= 0.6 is 11.3 Å². The van der Waals surface area contributed by atoms with Crippen molar-refractivity contribution in [2.24, 2.45) is 0 Å². The number of hydrogen-bond donors (Lipinski definition) is 1. The molecule has 0 radical (unpaired) electrons. The van der Waals surface area contributed by atoms with Gasteiger partial charge in [-0.05, 0) is 23.8 Å². The van der Waals surface area contributed by atoms with E-state index in [1.54, 1.807) is 30.3 Å². The zero-order valence-electron chi connectivity index (χ0n) is 16.8. The number of nitro groups is 1. The van der Waals surface area contributed by atoms with Crippen LogP contribution in [-0.4, -0.2) is 42.4 Å². The van der Waals surface area contributed by atoms with Crippen molar-refractivity contribution >= 4 is 34.1 Å². The first kappa shape index (κ1) is 21.7. The summed E-state index contributed by atoms with van der Waals surface area (Å²) in [5, 5.41) is 22.2. The molecule has 1 heterocycles. The second-order valence-corrected chi connectivity index (χ2v) is 6.98. The molecule has 0 unspecified atom stereocenters. The highest BCUT2D eigenvalue weighted by Gasteiger charge is 2.14. The minimum atomic E-state index is -0.485. The maximum absolute atomic E-state index is 12.3. The van der Waals surface area contributed by atoms with Gasteiger partial charge in [-0.2, -0.15) is 0 Å². The summed E-state index contributed by atoms with van der Waals surface area (Å²) >= 11 is 1.11. The highest BCUT2D eigenvalue weighted by molar-refractivity contribution is 7.18. The minimum absolute atomic E-state index is 0.0495.